The number of benzene rings is 1. The highest BCUT2D eigenvalue weighted by molar-refractivity contribution is 5.75. The first kappa shape index (κ1) is 19.3. The highest BCUT2D eigenvalue weighted by Crippen LogP contribution is 2.34. The Balaban J connectivity index is 1.74. The minimum Gasteiger partial charge on any atom is -0.458 e. The summed E-state index contributed by atoms with van der Waals surface area (Å²) in [4.78, 5) is 18.5. The Morgan fingerprint density at radius 1 is 1.27 bits per heavy atom. The van der Waals surface area contributed by atoms with Gasteiger partial charge in [-0.1, -0.05) is 30.3 Å². The van der Waals surface area contributed by atoms with Gasteiger partial charge >= 0.3 is 5.97 Å². The zero-order valence-corrected chi connectivity index (χ0v) is 16.2. The summed E-state index contributed by atoms with van der Waals surface area (Å²) in [7, 11) is 0. The van der Waals surface area contributed by atoms with Gasteiger partial charge in [-0.15, -0.1) is 0 Å². The van der Waals surface area contributed by atoms with Crippen LogP contribution < -0.4 is 0 Å². The Labute approximate surface area is 155 Å². The van der Waals surface area contributed by atoms with Crippen LogP contribution in [0.2, 0.25) is 0 Å². The summed E-state index contributed by atoms with van der Waals surface area (Å²) >= 11 is 0. The maximum atomic E-state index is 12.5. The third kappa shape index (κ3) is 4.82. The molecule has 0 bridgehead atoms. The van der Waals surface area contributed by atoms with Gasteiger partial charge in [-0.25, -0.2) is 4.79 Å². The van der Waals surface area contributed by atoms with E-state index in [0.29, 0.717) is 19.6 Å². The van der Waals surface area contributed by atoms with Crippen LogP contribution in [0.15, 0.2) is 30.3 Å². The Bertz CT molecular complexity index is 625. The van der Waals surface area contributed by atoms with E-state index in [1.807, 2.05) is 70.0 Å². The number of hydroxylamine groups is 2. The van der Waals surface area contributed by atoms with E-state index in [-0.39, 0.29) is 18.1 Å². The third-order valence-electron chi connectivity index (χ3n) is 4.40. The quantitative estimate of drug-likeness (QED) is 0.767. The number of esters is 1. The first-order valence-corrected chi connectivity index (χ1v) is 9.15. The van der Waals surface area contributed by atoms with Crippen molar-refractivity contribution in [1.29, 1.82) is 0 Å². The predicted molar refractivity (Wildman–Crippen MR) is 96.0 cm³/mol. The maximum Gasteiger partial charge on any atom is 0.337 e. The van der Waals surface area contributed by atoms with Crippen LogP contribution in [0.3, 0.4) is 0 Å². The van der Waals surface area contributed by atoms with E-state index in [2.05, 4.69) is 0 Å². The number of hydrogen-bond donors (Lipinski definition) is 0. The smallest absolute Gasteiger partial charge is 0.337 e. The molecule has 3 rings (SSSR count). The van der Waals surface area contributed by atoms with Crippen molar-refractivity contribution >= 4 is 5.97 Å². The molecule has 6 nitrogen and oxygen atoms in total. The van der Waals surface area contributed by atoms with E-state index in [9.17, 15) is 4.79 Å². The van der Waals surface area contributed by atoms with Crippen molar-refractivity contribution in [3.8, 4) is 0 Å². The topological polar surface area (TPSA) is 57.2 Å². The summed E-state index contributed by atoms with van der Waals surface area (Å²) in [5.41, 5.74) is 0.568. The Kier molecular flexibility index (Phi) is 5.40. The average Bonchev–Trinajstić information content (AvgIpc) is 3.10. The summed E-state index contributed by atoms with van der Waals surface area (Å²) < 4.78 is 17.3. The zero-order valence-electron chi connectivity index (χ0n) is 16.2. The standard InChI is InChI=1S/C20H29NO5/c1-19(2,3)25-18(22)16-11-15(17-13-23-20(4,5)24-17)21(26-16)12-14-9-7-6-8-10-14/h6-10,15-17H,11-13H2,1-5H3/t15-,16+,17+/m0/s1. The summed E-state index contributed by atoms with van der Waals surface area (Å²) in [6.07, 6.45) is -0.261. The predicted octanol–water partition coefficient (Wildman–Crippen LogP) is 3.05. The van der Waals surface area contributed by atoms with E-state index in [4.69, 9.17) is 19.0 Å². The molecule has 6 heteroatoms. The van der Waals surface area contributed by atoms with Gasteiger partial charge < -0.3 is 14.2 Å². The Hall–Kier alpha value is -1.47. The second-order valence-corrected chi connectivity index (χ2v) is 8.36. The van der Waals surface area contributed by atoms with E-state index >= 15 is 0 Å². The van der Waals surface area contributed by atoms with Gasteiger partial charge in [0.25, 0.3) is 0 Å². The number of rotatable bonds is 4. The first-order valence-electron chi connectivity index (χ1n) is 9.15. The number of ether oxygens (including phenoxy) is 3. The number of nitrogens with zero attached hydrogens (tertiary/aromatic N) is 1. The maximum absolute atomic E-state index is 12.5. The van der Waals surface area contributed by atoms with E-state index in [1.54, 1.807) is 0 Å². The van der Waals surface area contributed by atoms with Gasteiger partial charge in [-0.05, 0) is 40.2 Å². The lowest BCUT2D eigenvalue weighted by Gasteiger charge is -2.27. The molecule has 0 N–H and O–H groups in total. The highest BCUT2D eigenvalue weighted by Gasteiger charge is 2.47. The van der Waals surface area contributed by atoms with Gasteiger partial charge in [0.05, 0.1) is 12.6 Å². The first-order chi connectivity index (χ1) is 12.1. The van der Waals surface area contributed by atoms with Crippen LogP contribution in [-0.4, -0.2) is 47.3 Å². The lowest BCUT2D eigenvalue weighted by molar-refractivity contribution is -0.210. The summed E-state index contributed by atoms with van der Waals surface area (Å²) in [6.45, 7) is 10.4. The van der Waals surface area contributed by atoms with Gasteiger partial charge in [0.2, 0.25) is 0 Å². The molecule has 0 saturated carbocycles. The molecule has 1 aromatic carbocycles. The van der Waals surface area contributed by atoms with Crippen molar-refractivity contribution in [2.24, 2.45) is 0 Å². The Morgan fingerprint density at radius 2 is 1.96 bits per heavy atom. The fourth-order valence-electron chi connectivity index (χ4n) is 3.29. The molecule has 0 aromatic heterocycles. The summed E-state index contributed by atoms with van der Waals surface area (Å²) in [5, 5.41) is 1.85. The van der Waals surface area contributed by atoms with Crippen LogP contribution >= 0.6 is 0 Å². The van der Waals surface area contributed by atoms with Crippen molar-refractivity contribution in [3.05, 3.63) is 35.9 Å². The van der Waals surface area contributed by atoms with Crippen LogP contribution in [0.1, 0.15) is 46.6 Å². The largest absolute Gasteiger partial charge is 0.458 e. The molecule has 0 amide bonds. The van der Waals surface area contributed by atoms with E-state index in [0.717, 1.165) is 5.56 Å². The molecule has 2 aliphatic rings. The van der Waals surface area contributed by atoms with Crippen molar-refractivity contribution in [2.45, 2.75) is 77.2 Å². The Morgan fingerprint density at radius 3 is 2.54 bits per heavy atom. The van der Waals surface area contributed by atoms with Gasteiger partial charge in [0, 0.05) is 13.0 Å². The third-order valence-corrected chi connectivity index (χ3v) is 4.40. The zero-order chi connectivity index (χ0) is 18.9. The highest BCUT2D eigenvalue weighted by atomic mass is 16.8. The normalized spacial score (nSPS) is 29.0. The lowest BCUT2D eigenvalue weighted by Crippen LogP contribution is -2.40. The van der Waals surface area contributed by atoms with Gasteiger partial charge in [-0.3, -0.25) is 4.84 Å². The summed E-state index contributed by atoms with van der Waals surface area (Å²) in [5.74, 6) is -0.955. The molecular weight excluding hydrogens is 334 g/mol. The molecule has 2 saturated heterocycles. The van der Waals surface area contributed by atoms with E-state index < -0.39 is 17.5 Å². The minimum atomic E-state index is -0.629. The fourth-order valence-corrected chi connectivity index (χ4v) is 3.29. The van der Waals surface area contributed by atoms with Gasteiger partial charge in [0.1, 0.15) is 11.7 Å². The van der Waals surface area contributed by atoms with Gasteiger partial charge in [0.15, 0.2) is 11.9 Å². The number of carbonyl (C=O) groups excluding carboxylic acids is 1. The molecule has 26 heavy (non-hydrogen) atoms. The summed E-state index contributed by atoms with van der Waals surface area (Å²) in [6, 6.07) is 9.96. The van der Waals surface area contributed by atoms with Crippen LogP contribution in [-0.2, 0) is 30.4 Å². The molecular formula is C20H29NO5. The van der Waals surface area contributed by atoms with Crippen molar-refractivity contribution in [1.82, 2.24) is 5.06 Å². The molecule has 0 spiro atoms. The SMILES string of the molecule is CC(C)(C)OC(=O)[C@H]1C[C@@H]([C@H]2COC(C)(C)O2)N(Cc2ccccc2)O1. The number of carbonyl (C=O) groups is 1. The van der Waals surface area contributed by atoms with Crippen LogP contribution in [0, 0.1) is 0 Å². The molecule has 2 aliphatic heterocycles. The monoisotopic (exact) mass is 363 g/mol. The molecule has 2 heterocycles. The van der Waals surface area contributed by atoms with E-state index in [1.165, 1.54) is 0 Å². The average molecular weight is 363 g/mol. The molecule has 1 aromatic rings. The molecule has 3 atom stereocenters. The van der Waals surface area contributed by atoms with Crippen LogP contribution in [0.4, 0.5) is 0 Å². The van der Waals surface area contributed by atoms with Crippen LogP contribution in [0.5, 0.6) is 0 Å². The van der Waals surface area contributed by atoms with Crippen LogP contribution in [0.25, 0.3) is 0 Å². The second kappa shape index (κ2) is 7.27. The molecule has 144 valence electrons. The van der Waals surface area contributed by atoms with Gasteiger partial charge in [-0.2, -0.15) is 5.06 Å². The molecule has 2 fully saturated rings. The van der Waals surface area contributed by atoms with Crippen molar-refractivity contribution < 1.29 is 23.8 Å². The molecule has 0 unspecified atom stereocenters. The van der Waals surface area contributed by atoms with Crippen molar-refractivity contribution in [2.75, 3.05) is 6.61 Å². The fraction of sp³-hybridized carbons (Fsp3) is 0.650. The lowest BCUT2D eigenvalue weighted by atomic mass is 10.0. The minimum absolute atomic E-state index is 0.0745. The van der Waals surface area contributed by atoms with Crippen molar-refractivity contribution in [3.63, 3.8) is 0 Å². The molecule has 0 radical (unpaired) electrons. The second-order valence-electron chi connectivity index (χ2n) is 8.36. The molecule has 0 aliphatic carbocycles. The number of hydrogen-bond acceptors (Lipinski definition) is 6.